The Kier molecular flexibility index (Phi) is 5.89. The summed E-state index contributed by atoms with van der Waals surface area (Å²) in [5.41, 5.74) is 0.501. The highest BCUT2D eigenvalue weighted by Gasteiger charge is 2.30. The average molecular weight is 361 g/mol. The van der Waals surface area contributed by atoms with Crippen molar-refractivity contribution < 1.29 is 17.9 Å². The van der Waals surface area contributed by atoms with E-state index >= 15 is 0 Å². The van der Waals surface area contributed by atoms with Gasteiger partial charge in [0.2, 0.25) is 15.9 Å². The molecule has 1 amide bonds. The number of piperidine rings is 1. The number of benzene rings is 1. The molecule has 1 heterocycles. The highest BCUT2D eigenvalue weighted by atomic mass is 35.5. The van der Waals surface area contributed by atoms with Gasteiger partial charge in [-0.05, 0) is 31.9 Å². The topological polar surface area (TPSA) is 75.7 Å². The molecule has 0 aliphatic carbocycles. The Balaban J connectivity index is 2.12. The smallest absolute Gasteiger partial charge is 0.228 e. The second-order valence-corrected chi connectivity index (χ2v) is 7.89. The molecule has 0 bridgehead atoms. The van der Waals surface area contributed by atoms with Gasteiger partial charge >= 0.3 is 0 Å². The zero-order valence-corrected chi connectivity index (χ0v) is 14.8. The fourth-order valence-corrected chi connectivity index (χ4v) is 3.73. The van der Waals surface area contributed by atoms with E-state index in [-0.39, 0.29) is 18.4 Å². The third kappa shape index (κ3) is 4.59. The lowest BCUT2D eigenvalue weighted by Crippen LogP contribution is -2.43. The Labute approximate surface area is 141 Å². The number of hydrogen-bond donors (Lipinski definition) is 1. The van der Waals surface area contributed by atoms with E-state index in [2.05, 4.69) is 5.32 Å². The fourth-order valence-electron chi connectivity index (χ4n) is 2.59. The summed E-state index contributed by atoms with van der Waals surface area (Å²) in [6.07, 6.45) is 2.48. The zero-order valence-electron chi connectivity index (χ0n) is 13.2. The predicted octanol–water partition coefficient (Wildman–Crippen LogP) is 2.35. The number of ether oxygens (including phenoxy) is 1. The first kappa shape index (κ1) is 18.0. The van der Waals surface area contributed by atoms with Crippen molar-refractivity contribution in [3.63, 3.8) is 0 Å². The Morgan fingerprint density at radius 2 is 2.22 bits per heavy atom. The first-order valence-electron chi connectivity index (χ1n) is 7.50. The van der Waals surface area contributed by atoms with Crippen molar-refractivity contribution in [2.75, 3.05) is 31.3 Å². The molecule has 2 rings (SSSR count). The van der Waals surface area contributed by atoms with E-state index < -0.39 is 10.0 Å². The molecule has 1 fully saturated rings. The van der Waals surface area contributed by atoms with Crippen molar-refractivity contribution >= 4 is 33.2 Å². The molecule has 0 radical (unpaired) electrons. The van der Waals surface area contributed by atoms with Gasteiger partial charge in [-0.15, -0.1) is 0 Å². The van der Waals surface area contributed by atoms with Crippen LogP contribution in [0.25, 0.3) is 0 Å². The molecule has 1 saturated heterocycles. The highest BCUT2D eigenvalue weighted by Crippen LogP contribution is 2.33. The summed E-state index contributed by atoms with van der Waals surface area (Å²) >= 11 is 6.10. The number of amides is 1. The molecule has 1 aliphatic heterocycles. The summed E-state index contributed by atoms with van der Waals surface area (Å²) in [6, 6.07) is 5.13. The quantitative estimate of drug-likeness (QED) is 0.874. The molecule has 1 atom stereocenters. The number of para-hydroxylation sites is 1. The van der Waals surface area contributed by atoms with Crippen LogP contribution >= 0.6 is 11.6 Å². The normalized spacial score (nSPS) is 19.3. The number of anilines is 1. The van der Waals surface area contributed by atoms with Gasteiger partial charge in [-0.3, -0.25) is 4.79 Å². The van der Waals surface area contributed by atoms with Crippen LogP contribution in [0.2, 0.25) is 5.02 Å². The lowest BCUT2D eigenvalue weighted by Gasteiger charge is -2.30. The van der Waals surface area contributed by atoms with E-state index in [9.17, 15) is 13.2 Å². The van der Waals surface area contributed by atoms with Crippen molar-refractivity contribution in [3.8, 4) is 5.75 Å². The molecule has 0 saturated carbocycles. The van der Waals surface area contributed by atoms with Crippen LogP contribution in [0, 0.1) is 5.92 Å². The van der Waals surface area contributed by atoms with Gasteiger partial charge in [0.25, 0.3) is 0 Å². The summed E-state index contributed by atoms with van der Waals surface area (Å²) in [5.74, 6) is -0.172. The lowest BCUT2D eigenvalue weighted by molar-refractivity contribution is -0.120. The molecular weight excluding hydrogens is 340 g/mol. The first-order chi connectivity index (χ1) is 10.8. The number of sulfonamides is 1. The second kappa shape index (κ2) is 7.51. The van der Waals surface area contributed by atoms with Gasteiger partial charge in [-0.25, -0.2) is 12.7 Å². The molecule has 1 aromatic rings. The molecule has 23 heavy (non-hydrogen) atoms. The number of carbonyl (C=O) groups excluding carboxylic acids is 1. The maximum atomic E-state index is 12.5. The van der Waals surface area contributed by atoms with E-state index in [4.69, 9.17) is 16.3 Å². The standard InChI is InChI=1S/C15H21ClN2O4S/c1-3-22-14-12(16)7-4-8-13(14)17-15(19)11-6-5-9-18(10-11)23(2,20)21/h4,7-8,11H,3,5-6,9-10H2,1-2H3,(H,17,19)/t11-/m0/s1. The zero-order chi connectivity index (χ0) is 17.0. The number of halogens is 1. The van der Waals surface area contributed by atoms with Gasteiger partial charge in [-0.2, -0.15) is 0 Å². The van der Waals surface area contributed by atoms with Crippen molar-refractivity contribution in [2.45, 2.75) is 19.8 Å². The molecule has 1 aromatic carbocycles. The largest absolute Gasteiger partial charge is 0.490 e. The van der Waals surface area contributed by atoms with E-state index in [1.54, 1.807) is 18.2 Å². The molecular formula is C15H21ClN2O4S. The van der Waals surface area contributed by atoms with E-state index in [0.717, 1.165) is 6.26 Å². The molecule has 1 N–H and O–H groups in total. The molecule has 6 nitrogen and oxygen atoms in total. The van der Waals surface area contributed by atoms with Gasteiger partial charge in [0, 0.05) is 13.1 Å². The maximum Gasteiger partial charge on any atom is 0.228 e. The second-order valence-electron chi connectivity index (χ2n) is 5.50. The number of nitrogens with zero attached hydrogens (tertiary/aromatic N) is 1. The van der Waals surface area contributed by atoms with Gasteiger partial charge in [0.1, 0.15) is 0 Å². The number of nitrogens with one attached hydrogen (secondary N) is 1. The third-order valence-corrected chi connectivity index (χ3v) is 5.30. The summed E-state index contributed by atoms with van der Waals surface area (Å²) in [5, 5.41) is 3.23. The van der Waals surface area contributed by atoms with Crippen molar-refractivity contribution in [2.24, 2.45) is 5.92 Å². The summed E-state index contributed by atoms with van der Waals surface area (Å²) in [6.45, 7) is 2.93. The average Bonchev–Trinajstić information content (AvgIpc) is 2.50. The van der Waals surface area contributed by atoms with Crippen molar-refractivity contribution in [1.82, 2.24) is 4.31 Å². The monoisotopic (exact) mass is 360 g/mol. The maximum absolute atomic E-state index is 12.5. The Morgan fingerprint density at radius 1 is 1.48 bits per heavy atom. The SMILES string of the molecule is CCOc1c(Cl)cccc1NC(=O)[C@H]1CCCN(S(C)(=O)=O)C1. The van der Waals surface area contributed by atoms with Gasteiger partial charge in [0.15, 0.2) is 5.75 Å². The minimum absolute atomic E-state index is 0.204. The van der Waals surface area contributed by atoms with Crippen LogP contribution in [0.3, 0.4) is 0 Å². The van der Waals surface area contributed by atoms with Crippen LogP contribution in [0.5, 0.6) is 5.75 Å². The number of hydrogen-bond acceptors (Lipinski definition) is 4. The van der Waals surface area contributed by atoms with E-state index in [0.29, 0.717) is 42.5 Å². The van der Waals surface area contributed by atoms with Gasteiger partial charge in [-0.1, -0.05) is 17.7 Å². The van der Waals surface area contributed by atoms with Crippen LogP contribution < -0.4 is 10.1 Å². The molecule has 128 valence electrons. The van der Waals surface area contributed by atoms with Crippen molar-refractivity contribution in [3.05, 3.63) is 23.2 Å². The van der Waals surface area contributed by atoms with Crippen LogP contribution in [0.15, 0.2) is 18.2 Å². The van der Waals surface area contributed by atoms with Crippen LogP contribution in [0.4, 0.5) is 5.69 Å². The Morgan fingerprint density at radius 3 is 2.87 bits per heavy atom. The summed E-state index contributed by atoms with van der Waals surface area (Å²) in [4.78, 5) is 12.5. The molecule has 0 unspecified atom stereocenters. The molecule has 0 aromatic heterocycles. The highest BCUT2D eigenvalue weighted by molar-refractivity contribution is 7.88. The van der Waals surface area contributed by atoms with Crippen LogP contribution in [0.1, 0.15) is 19.8 Å². The molecule has 1 aliphatic rings. The van der Waals surface area contributed by atoms with E-state index in [1.165, 1.54) is 4.31 Å². The van der Waals surface area contributed by atoms with Crippen molar-refractivity contribution in [1.29, 1.82) is 0 Å². The van der Waals surface area contributed by atoms with Crippen LogP contribution in [-0.2, 0) is 14.8 Å². The Bertz CT molecular complexity index is 678. The van der Waals surface area contributed by atoms with Gasteiger partial charge in [0.05, 0.1) is 29.5 Å². The summed E-state index contributed by atoms with van der Waals surface area (Å²) < 4.78 is 30.1. The minimum Gasteiger partial charge on any atom is -0.490 e. The Hall–Kier alpha value is -1.31. The summed E-state index contributed by atoms with van der Waals surface area (Å²) in [7, 11) is -3.28. The third-order valence-electron chi connectivity index (χ3n) is 3.74. The van der Waals surface area contributed by atoms with Crippen LogP contribution in [-0.4, -0.2) is 44.6 Å². The van der Waals surface area contributed by atoms with Gasteiger partial charge < -0.3 is 10.1 Å². The minimum atomic E-state index is -3.28. The van der Waals surface area contributed by atoms with E-state index in [1.807, 2.05) is 6.92 Å². The number of rotatable bonds is 5. The molecule has 8 heteroatoms. The lowest BCUT2D eigenvalue weighted by atomic mass is 9.98. The number of carbonyl (C=O) groups is 1. The predicted molar refractivity (Wildman–Crippen MR) is 90.4 cm³/mol. The fraction of sp³-hybridized carbons (Fsp3) is 0.533. The molecule has 0 spiro atoms. The first-order valence-corrected chi connectivity index (χ1v) is 9.73.